The van der Waals surface area contributed by atoms with Crippen LogP contribution in [0.25, 0.3) is 11.2 Å². The fourth-order valence-electron chi connectivity index (χ4n) is 4.78. The molecule has 3 heterocycles. The Kier molecular flexibility index (Phi) is 8.02. The number of benzene rings is 3. The van der Waals surface area contributed by atoms with Gasteiger partial charge in [0, 0.05) is 44.3 Å². The minimum absolute atomic E-state index is 0.0799. The number of aromatic nitrogens is 4. The summed E-state index contributed by atoms with van der Waals surface area (Å²) < 4.78 is 13.0. The first kappa shape index (κ1) is 28.3. The maximum Gasteiger partial charge on any atom is 0.253 e. The first-order chi connectivity index (χ1) is 20.8. The van der Waals surface area contributed by atoms with Crippen LogP contribution in [-0.4, -0.2) is 64.3 Å². The minimum atomic E-state index is -0.0799. The van der Waals surface area contributed by atoms with Crippen molar-refractivity contribution >= 4 is 40.4 Å². The zero-order valence-electron chi connectivity index (χ0n) is 24.2. The zero-order valence-corrected chi connectivity index (χ0v) is 25.0. The number of carbonyl (C=O) groups excluding carboxylic acids is 1. The molecule has 5 aromatic rings. The lowest BCUT2D eigenvalue weighted by Gasteiger charge is -2.23. The Balaban J connectivity index is 1.24. The highest BCUT2D eigenvalue weighted by Gasteiger charge is 2.19. The lowest BCUT2D eigenvalue weighted by atomic mass is 10.1. The maximum absolute atomic E-state index is 12.9. The van der Waals surface area contributed by atoms with E-state index in [1.165, 1.54) is 5.56 Å². The van der Waals surface area contributed by atoms with E-state index in [1.54, 1.807) is 42.5 Å². The summed E-state index contributed by atoms with van der Waals surface area (Å²) in [6.07, 6.45) is 1.80. The number of amides is 1. The molecule has 0 aliphatic carbocycles. The van der Waals surface area contributed by atoms with Gasteiger partial charge >= 0.3 is 0 Å². The summed E-state index contributed by atoms with van der Waals surface area (Å²) in [6, 6.07) is 21.2. The van der Waals surface area contributed by atoms with E-state index in [-0.39, 0.29) is 12.7 Å². The maximum atomic E-state index is 12.9. The van der Waals surface area contributed by atoms with E-state index in [4.69, 9.17) is 36.0 Å². The monoisotopic (exact) mass is 597 g/mol. The standard InChI is InChI=1S/C32H32ClN7O3/c1-21-4-6-22(7-5-21)18-40-19-35-28-29(34-17-23-8-13-26-27(16-23)43-20-42-26)36-32(37-30(28)40)39(3)15-14-38(2)31(41)24-9-11-25(33)12-10-24/h4-13,16,19H,14-15,17-18,20H2,1-3H3,(H,34,36,37). The van der Waals surface area contributed by atoms with Gasteiger partial charge in [-0.15, -0.1) is 0 Å². The summed E-state index contributed by atoms with van der Waals surface area (Å²) in [5, 5.41) is 4.05. The topological polar surface area (TPSA) is 97.6 Å². The lowest BCUT2D eigenvalue weighted by molar-refractivity contribution is 0.0798. The Labute approximate surface area is 254 Å². The number of hydrogen-bond acceptors (Lipinski definition) is 8. The Morgan fingerprint density at radius 2 is 1.70 bits per heavy atom. The van der Waals surface area contributed by atoms with E-state index in [0.29, 0.717) is 54.0 Å². The third-order valence-corrected chi connectivity index (χ3v) is 7.62. The van der Waals surface area contributed by atoms with Crippen molar-refractivity contribution in [3.8, 4) is 11.5 Å². The van der Waals surface area contributed by atoms with Gasteiger partial charge < -0.3 is 29.2 Å². The molecule has 11 heteroatoms. The summed E-state index contributed by atoms with van der Waals surface area (Å²) in [5.74, 6) is 2.54. The van der Waals surface area contributed by atoms with Crippen molar-refractivity contribution < 1.29 is 14.3 Å². The van der Waals surface area contributed by atoms with Crippen molar-refractivity contribution in [2.24, 2.45) is 0 Å². The van der Waals surface area contributed by atoms with Gasteiger partial charge in [-0.1, -0.05) is 47.5 Å². The molecule has 2 aromatic heterocycles. The van der Waals surface area contributed by atoms with Crippen LogP contribution in [0.15, 0.2) is 73.1 Å². The van der Waals surface area contributed by atoms with Gasteiger partial charge in [-0.25, -0.2) is 4.98 Å². The van der Waals surface area contributed by atoms with Crippen LogP contribution >= 0.6 is 11.6 Å². The van der Waals surface area contributed by atoms with E-state index in [2.05, 4.69) is 36.5 Å². The summed E-state index contributed by atoms with van der Waals surface area (Å²) in [5.41, 5.74) is 5.36. The number of carbonyl (C=O) groups is 1. The predicted octanol–water partition coefficient (Wildman–Crippen LogP) is 5.39. The molecule has 0 unspecified atom stereocenters. The molecule has 3 aromatic carbocycles. The van der Waals surface area contributed by atoms with Crippen molar-refractivity contribution in [1.82, 2.24) is 24.4 Å². The van der Waals surface area contributed by atoms with Gasteiger partial charge in [0.05, 0.1) is 12.9 Å². The molecule has 1 aliphatic heterocycles. The Hall–Kier alpha value is -4.83. The predicted molar refractivity (Wildman–Crippen MR) is 167 cm³/mol. The number of nitrogens with zero attached hydrogens (tertiary/aromatic N) is 6. The van der Waals surface area contributed by atoms with Gasteiger partial charge in [-0.2, -0.15) is 9.97 Å². The average molecular weight is 598 g/mol. The van der Waals surface area contributed by atoms with Crippen molar-refractivity contribution in [2.45, 2.75) is 20.0 Å². The van der Waals surface area contributed by atoms with Crippen LogP contribution in [0.4, 0.5) is 11.8 Å². The van der Waals surface area contributed by atoms with Gasteiger partial charge in [0.2, 0.25) is 12.7 Å². The highest BCUT2D eigenvalue weighted by Crippen LogP contribution is 2.33. The number of halogens is 1. The number of likely N-dealkylation sites (N-methyl/N-ethyl adjacent to an activating group) is 2. The fourth-order valence-corrected chi connectivity index (χ4v) is 4.91. The van der Waals surface area contributed by atoms with Crippen molar-refractivity contribution in [1.29, 1.82) is 0 Å². The van der Waals surface area contributed by atoms with Crippen LogP contribution in [-0.2, 0) is 13.1 Å². The molecule has 0 saturated carbocycles. The van der Waals surface area contributed by atoms with Crippen LogP contribution in [0.5, 0.6) is 11.5 Å². The molecule has 0 bridgehead atoms. The average Bonchev–Trinajstić information content (AvgIpc) is 3.66. The normalized spacial score (nSPS) is 12.0. The molecule has 0 fully saturated rings. The summed E-state index contributed by atoms with van der Waals surface area (Å²) in [7, 11) is 3.70. The SMILES string of the molecule is Cc1ccc(Cn2cnc3c(NCc4ccc5c(c4)OCO5)nc(N(C)CCN(C)C(=O)c4ccc(Cl)cc4)nc32)cc1. The molecule has 43 heavy (non-hydrogen) atoms. The van der Waals surface area contributed by atoms with E-state index in [9.17, 15) is 4.79 Å². The largest absolute Gasteiger partial charge is 0.454 e. The fraction of sp³-hybridized carbons (Fsp3) is 0.250. The van der Waals surface area contributed by atoms with Gasteiger partial charge in [0.1, 0.15) is 0 Å². The van der Waals surface area contributed by atoms with Gasteiger partial charge in [0.25, 0.3) is 5.91 Å². The number of imidazole rings is 1. The Bertz CT molecular complexity index is 1760. The van der Waals surface area contributed by atoms with Gasteiger partial charge in [0.15, 0.2) is 28.5 Å². The van der Waals surface area contributed by atoms with E-state index in [1.807, 2.05) is 34.7 Å². The smallest absolute Gasteiger partial charge is 0.253 e. The molecule has 1 aliphatic rings. The summed E-state index contributed by atoms with van der Waals surface area (Å²) >= 11 is 5.99. The quantitative estimate of drug-likeness (QED) is 0.229. The molecular formula is C32H32ClN7O3. The van der Waals surface area contributed by atoms with Crippen LogP contribution in [0.2, 0.25) is 5.02 Å². The van der Waals surface area contributed by atoms with Crippen LogP contribution in [0.3, 0.4) is 0 Å². The number of fused-ring (bicyclic) bond motifs is 2. The van der Waals surface area contributed by atoms with Crippen molar-refractivity contribution in [2.75, 3.05) is 44.2 Å². The number of hydrogen-bond donors (Lipinski definition) is 1. The summed E-state index contributed by atoms with van der Waals surface area (Å²) in [6.45, 7) is 4.43. The molecule has 0 spiro atoms. The van der Waals surface area contributed by atoms with Crippen LogP contribution in [0.1, 0.15) is 27.0 Å². The highest BCUT2D eigenvalue weighted by atomic mass is 35.5. The second-order valence-corrected chi connectivity index (χ2v) is 11.0. The Morgan fingerprint density at radius 3 is 2.49 bits per heavy atom. The van der Waals surface area contributed by atoms with Gasteiger partial charge in [-0.3, -0.25) is 4.79 Å². The molecule has 0 atom stereocenters. The molecule has 6 rings (SSSR count). The number of nitrogens with one attached hydrogen (secondary N) is 1. The number of anilines is 2. The molecule has 1 amide bonds. The van der Waals surface area contributed by atoms with Crippen LogP contribution < -0.4 is 19.7 Å². The van der Waals surface area contributed by atoms with Crippen LogP contribution in [0, 0.1) is 6.92 Å². The first-order valence-corrected chi connectivity index (χ1v) is 14.3. The lowest BCUT2D eigenvalue weighted by Crippen LogP contribution is -2.35. The second-order valence-electron chi connectivity index (χ2n) is 10.6. The van der Waals surface area contributed by atoms with E-state index >= 15 is 0 Å². The van der Waals surface area contributed by atoms with Gasteiger partial charge in [-0.05, 0) is 54.4 Å². The molecular weight excluding hydrogens is 566 g/mol. The first-order valence-electron chi connectivity index (χ1n) is 14.0. The van der Waals surface area contributed by atoms with E-state index in [0.717, 1.165) is 28.3 Å². The molecule has 1 N–H and O–H groups in total. The summed E-state index contributed by atoms with van der Waals surface area (Å²) in [4.78, 5) is 31.0. The molecule has 0 saturated heterocycles. The third kappa shape index (κ3) is 6.34. The molecule has 0 radical (unpaired) electrons. The zero-order chi connectivity index (χ0) is 29.9. The molecule has 220 valence electrons. The minimum Gasteiger partial charge on any atom is -0.454 e. The van der Waals surface area contributed by atoms with Crippen molar-refractivity contribution in [3.63, 3.8) is 0 Å². The third-order valence-electron chi connectivity index (χ3n) is 7.37. The number of rotatable bonds is 10. The Morgan fingerprint density at radius 1 is 0.953 bits per heavy atom. The molecule has 10 nitrogen and oxygen atoms in total. The van der Waals surface area contributed by atoms with Crippen molar-refractivity contribution in [3.05, 3.63) is 100 Å². The second kappa shape index (κ2) is 12.2. The van der Waals surface area contributed by atoms with E-state index < -0.39 is 0 Å². The highest BCUT2D eigenvalue weighted by molar-refractivity contribution is 6.30. The number of ether oxygens (including phenoxy) is 2. The number of aryl methyl sites for hydroxylation is 1.